The van der Waals surface area contributed by atoms with Crippen LogP contribution in [0.25, 0.3) is 0 Å². The number of anilines is 1. The Kier molecular flexibility index (Phi) is 10.9. The van der Waals surface area contributed by atoms with E-state index in [0.29, 0.717) is 23.4 Å². The summed E-state index contributed by atoms with van der Waals surface area (Å²) < 4.78 is 5.36. The zero-order valence-electron chi connectivity index (χ0n) is 21.1. The highest BCUT2D eigenvalue weighted by Gasteiger charge is 2.29. The van der Waals surface area contributed by atoms with Crippen LogP contribution in [0.5, 0.6) is 0 Å². The predicted molar refractivity (Wildman–Crippen MR) is 149 cm³/mol. The van der Waals surface area contributed by atoms with Crippen LogP contribution in [0, 0.1) is 11.3 Å². The van der Waals surface area contributed by atoms with Crippen LogP contribution in [0.4, 0.5) is 5.69 Å². The van der Waals surface area contributed by atoms with E-state index >= 15 is 0 Å². The molecule has 1 amide bonds. The summed E-state index contributed by atoms with van der Waals surface area (Å²) in [5.41, 5.74) is 3.72. The Morgan fingerprint density at radius 3 is 2.86 bits per heavy atom. The number of benzene rings is 2. The second-order valence-electron chi connectivity index (χ2n) is 7.91. The van der Waals surface area contributed by atoms with Gasteiger partial charge in [-0.2, -0.15) is 5.26 Å². The SMILES string of the molecule is CC.CCOCCNCC1=CN=C2SC(c3ccccc3NC(=O)c3cccc(C#N)c3)=NC2CC1. The third-order valence-corrected chi connectivity index (χ3v) is 6.62. The van der Waals surface area contributed by atoms with Crippen LogP contribution in [-0.4, -0.2) is 48.3 Å². The van der Waals surface area contributed by atoms with Gasteiger partial charge in [0.25, 0.3) is 5.91 Å². The van der Waals surface area contributed by atoms with E-state index in [1.807, 2.05) is 51.2 Å². The zero-order valence-corrected chi connectivity index (χ0v) is 21.9. The molecule has 0 fully saturated rings. The Balaban J connectivity index is 0.00000176. The Morgan fingerprint density at radius 1 is 1.22 bits per heavy atom. The number of hydrogen-bond donors (Lipinski definition) is 2. The van der Waals surface area contributed by atoms with Gasteiger partial charge in [0.2, 0.25) is 0 Å². The molecule has 0 aliphatic carbocycles. The van der Waals surface area contributed by atoms with E-state index < -0.39 is 0 Å². The van der Waals surface area contributed by atoms with Crippen molar-refractivity contribution < 1.29 is 9.53 Å². The molecule has 2 N–H and O–H groups in total. The summed E-state index contributed by atoms with van der Waals surface area (Å²) in [4.78, 5) is 22.5. The molecule has 0 radical (unpaired) electrons. The third kappa shape index (κ3) is 7.37. The fraction of sp³-hybridized carbons (Fsp3) is 0.357. The summed E-state index contributed by atoms with van der Waals surface area (Å²) in [6.45, 7) is 9.07. The molecule has 2 aliphatic rings. The van der Waals surface area contributed by atoms with E-state index in [0.717, 1.165) is 48.2 Å². The lowest BCUT2D eigenvalue weighted by atomic mass is 10.1. The largest absolute Gasteiger partial charge is 0.380 e. The van der Waals surface area contributed by atoms with Crippen LogP contribution >= 0.6 is 11.8 Å². The smallest absolute Gasteiger partial charge is 0.255 e. The molecule has 2 aliphatic heterocycles. The molecule has 8 heteroatoms. The molecule has 1 atom stereocenters. The highest BCUT2D eigenvalue weighted by atomic mass is 32.2. The monoisotopic (exact) mass is 503 g/mol. The van der Waals surface area contributed by atoms with Gasteiger partial charge in [-0.05, 0) is 49.6 Å². The molecule has 1 unspecified atom stereocenters. The van der Waals surface area contributed by atoms with Crippen LogP contribution < -0.4 is 10.6 Å². The molecular formula is C28H33N5O2S. The first-order chi connectivity index (χ1) is 17.7. The van der Waals surface area contributed by atoms with Crippen molar-refractivity contribution >= 4 is 33.4 Å². The number of para-hydroxylation sites is 1. The number of amides is 1. The summed E-state index contributed by atoms with van der Waals surface area (Å²) in [6, 6.07) is 16.4. The Hall–Kier alpha value is -3.25. The lowest BCUT2D eigenvalue weighted by Gasteiger charge is -2.11. The maximum absolute atomic E-state index is 12.8. The van der Waals surface area contributed by atoms with Crippen molar-refractivity contribution in [2.45, 2.75) is 39.7 Å². The molecule has 2 heterocycles. The van der Waals surface area contributed by atoms with Gasteiger partial charge in [-0.25, -0.2) is 0 Å². The van der Waals surface area contributed by atoms with Crippen LogP contribution in [-0.2, 0) is 4.74 Å². The van der Waals surface area contributed by atoms with Gasteiger partial charge in [-0.3, -0.25) is 14.8 Å². The van der Waals surface area contributed by atoms with Crippen LogP contribution in [0.1, 0.15) is 55.1 Å². The van der Waals surface area contributed by atoms with Gasteiger partial charge in [0.1, 0.15) is 16.1 Å². The number of hydrogen-bond acceptors (Lipinski definition) is 7. The van der Waals surface area contributed by atoms with Crippen LogP contribution in [0.15, 0.2) is 70.3 Å². The van der Waals surface area contributed by atoms with Crippen molar-refractivity contribution in [3.63, 3.8) is 0 Å². The van der Waals surface area contributed by atoms with E-state index in [1.165, 1.54) is 5.57 Å². The molecule has 0 spiro atoms. The minimum atomic E-state index is -0.260. The van der Waals surface area contributed by atoms with Crippen molar-refractivity contribution in [2.24, 2.45) is 9.98 Å². The molecular weight excluding hydrogens is 470 g/mol. The normalized spacial score (nSPS) is 16.3. The van der Waals surface area contributed by atoms with Gasteiger partial charge in [-0.15, -0.1) is 0 Å². The molecule has 2 aromatic rings. The molecule has 0 saturated heterocycles. The highest BCUT2D eigenvalue weighted by molar-refractivity contribution is 8.27. The fourth-order valence-electron chi connectivity index (χ4n) is 3.73. The molecule has 0 saturated carbocycles. The number of thioether (sulfide) groups is 1. The number of nitriles is 1. The van der Waals surface area contributed by atoms with E-state index in [9.17, 15) is 4.79 Å². The van der Waals surface area contributed by atoms with Gasteiger partial charge in [-0.1, -0.05) is 49.9 Å². The number of nitrogens with zero attached hydrogens (tertiary/aromatic N) is 3. The van der Waals surface area contributed by atoms with E-state index in [2.05, 4.69) is 16.7 Å². The number of nitrogens with one attached hydrogen (secondary N) is 2. The number of ether oxygens (including phenoxy) is 1. The summed E-state index contributed by atoms with van der Waals surface area (Å²) in [6.07, 6.45) is 3.80. The quantitative estimate of drug-likeness (QED) is 0.446. The average Bonchev–Trinajstić information content (AvgIpc) is 3.24. The summed E-state index contributed by atoms with van der Waals surface area (Å²) in [7, 11) is 0. The van der Waals surface area contributed by atoms with Gasteiger partial charge in [0.15, 0.2) is 0 Å². The number of carbonyl (C=O) groups excluding carboxylic acids is 1. The van der Waals surface area contributed by atoms with Crippen LogP contribution in [0.2, 0.25) is 0 Å². The standard InChI is InChI=1S/C26H27N5O2S.C2H6/c1-2-33-13-12-28-16-19-10-11-23-26(29-17-19)34-25(31-23)21-8-3-4-9-22(21)30-24(32)20-7-5-6-18(14-20)15-27;1-2/h3-9,14,17,23,28H,2,10-13,16H2,1H3,(H,30,32);1-2H3. The van der Waals surface area contributed by atoms with Crippen molar-refractivity contribution in [1.82, 2.24) is 5.32 Å². The second kappa shape index (κ2) is 14.3. The zero-order chi connectivity index (χ0) is 25.8. The molecule has 36 heavy (non-hydrogen) atoms. The maximum atomic E-state index is 12.8. The molecule has 7 nitrogen and oxygen atoms in total. The molecule has 188 valence electrons. The predicted octanol–water partition coefficient (Wildman–Crippen LogP) is 5.40. The number of aliphatic imine (C=N–C) groups is 2. The lowest BCUT2D eigenvalue weighted by Crippen LogP contribution is -2.22. The minimum absolute atomic E-state index is 0.0354. The van der Waals surface area contributed by atoms with E-state index in [-0.39, 0.29) is 11.9 Å². The van der Waals surface area contributed by atoms with E-state index in [1.54, 1.807) is 36.0 Å². The molecule has 2 aromatic carbocycles. The first-order valence-electron chi connectivity index (χ1n) is 12.4. The third-order valence-electron chi connectivity index (χ3n) is 5.51. The summed E-state index contributed by atoms with van der Waals surface area (Å²) in [5.74, 6) is -0.260. The van der Waals surface area contributed by atoms with Crippen molar-refractivity contribution in [2.75, 3.05) is 31.6 Å². The van der Waals surface area contributed by atoms with Gasteiger partial charge in [0, 0.05) is 37.0 Å². The van der Waals surface area contributed by atoms with Gasteiger partial charge < -0.3 is 15.4 Å². The van der Waals surface area contributed by atoms with Crippen molar-refractivity contribution in [3.8, 4) is 6.07 Å². The first-order valence-corrected chi connectivity index (χ1v) is 13.2. The fourth-order valence-corrected chi connectivity index (χ4v) is 4.81. The summed E-state index contributed by atoms with van der Waals surface area (Å²) >= 11 is 1.56. The molecule has 4 rings (SSSR count). The topological polar surface area (TPSA) is 98.9 Å². The first kappa shape index (κ1) is 27.3. The van der Waals surface area contributed by atoms with Gasteiger partial charge >= 0.3 is 0 Å². The van der Waals surface area contributed by atoms with Crippen molar-refractivity contribution in [1.29, 1.82) is 5.26 Å². The Morgan fingerprint density at radius 2 is 2.06 bits per heavy atom. The average molecular weight is 504 g/mol. The summed E-state index contributed by atoms with van der Waals surface area (Å²) in [5, 5.41) is 17.3. The maximum Gasteiger partial charge on any atom is 0.255 e. The Labute approximate surface area is 217 Å². The molecule has 0 aromatic heterocycles. The number of carbonyl (C=O) groups is 1. The lowest BCUT2D eigenvalue weighted by molar-refractivity contribution is 0.102. The molecule has 0 bridgehead atoms. The minimum Gasteiger partial charge on any atom is -0.380 e. The highest BCUT2D eigenvalue weighted by Crippen LogP contribution is 2.34. The van der Waals surface area contributed by atoms with E-state index in [4.69, 9.17) is 20.0 Å². The number of rotatable bonds is 9. The number of fused-ring (bicyclic) bond motifs is 1. The second-order valence-corrected chi connectivity index (χ2v) is 8.92. The van der Waals surface area contributed by atoms with Gasteiger partial charge in [0.05, 0.1) is 23.9 Å². The Bertz CT molecular complexity index is 1180. The van der Waals surface area contributed by atoms with Crippen molar-refractivity contribution in [3.05, 3.63) is 77.0 Å². The van der Waals surface area contributed by atoms with Crippen LogP contribution in [0.3, 0.4) is 0 Å².